The summed E-state index contributed by atoms with van der Waals surface area (Å²) < 4.78 is 39.3. The molecule has 0 atom stereocenters. The summed E-state index contributed by atoms with van der Waals surface area (Å²) in [5.41, 5.74) is -0.311. The first kappa shape index (κ1) is 14.8. The topological polar surface area (TPSA) is 83.5 Å². The van der Waals surface area contributed by atoms with E-state index in [1.807, 2.05) is 0 Å². The van der Waals surface area contributed by atoms with E-state index in [-0.39, 0.29) is 12.1 Å². The van der Waals surface area contributed by atoms with Gasteiger partial charge in [-0.15, -0.1) is 0 Å². The van der Waals surface area contributed by atoms with E-state index in [4.69, 9.17) is 5.11 Å². The first-order valence-electron chi connectivity index (χ1n) is 4.60. The Kier molecular flexibility index (Phi) is 4.60. The van der Waals surface area contributed by atoms with Crippen molar-refractivity contribution in [2.75, 3.05) is 6.54 Å². The van der Waals surface area contributed by atoms with Crippen LogP contribution in [0.2, 0.25) is 0 Å². The number of halogens is 2. The van der Waals surface area contributed by atoms with Gasteiger partial charge in [0.15, 0.2) is 0 Å². The van der Waals surface area contributed by atoms with Gasteiger partial charge in [-0.05, 0) is 18.2 Å². The molecular weight excluding hydrogens is 329 g/mol. The Morgan fingerprint density at radius 3 is 2.61 bits per heavy atom. The Bertz CT molecular complexity index is 600. The smallest absolute Gasteiger partial charge is 0.335 e. The third-order valence-electron chi connectivity index (χ3n) is 1.92. The minimum absolute atomic E-state index is 0.126. The molecule has 0 heterocycles. The van der Waals surface area contributed by atoms with Gasteiger partial charge < -0.3 is 5.11 Å². The molecule has 0 aliphatic heterocycles. The van der Waals surface area contributed by atoms with Crippen molar-refractivity contribution >= 4 is 31.9 Å². The zero-order valence-corrected chi connectivity index (χ0v) is 11.4. The molecule has 0 radical (unpaired) electrons. The summed E-state index contributed by atoms with van der Waals surface area (Å²) in [4.78, 5) is 9.99. The number of benzene rings is 1. The largest absolute Gasteiger partial charge is 0.478 e. The fourth-order valence-corrected chi connectivity index (χ4v) is 2.55. The number of hydrogen-bond acceptors (Lipinski definition) is 3. The fourth-order valence-electron chi connectivity index (χ4n) is 1.09. The molecule has 0 fully saturated rings. The molecule has 0 spiro atoms. The number of carboxylic acid groups (broad SMARTS) is 1. The first-order valence-corrected chi connectivity index (χ1v) is 6.87. The molecule has 0 aromatic heterocycles. The van der Waals surface area contributed by atoms with Crippen molar-refractivity contribution in [2.45, 2.75) is 4.90 Å². The highest BCUT2D eigenvalue weighted by molar-refractivity contribution is 9.11. The van der Waals surface area contributed by atoms with Crippen LogP contribution >= 0.6 is 15.9 Å². The Hall–Kier alpha value is -1.25. The number of aromatic carboxylic acids is 1. The standard InChI is InChI=1S/C10H9BrFNO4S/c1-6(11)5-13-18(16,17)9-4-7(10(14)15)2-3-8(9)12/h2-4,13H,1,5H2,(H,14,15). The Balaban J connectivity index is 3.18. The van der Waals surface area contributed by atoms with Crippen molar-refractivity contribution in [2.24, 2.45) is 0 Å². The predicted octanol–water partition coefficient (Wildman–Crippen LogP) is 1.71. The molecule has 18 heavy (non-hydrogen) atoms. The number of carboxylic acids is 1. The lowest BCUT2D eigenvalue weighted by molar-refractivity contribution is 0.0696. The van der Waals surface area contributed by atoms with E-state index >= 15 is 0 Å². The van der Waals surface area contributed by atoms with Crippen molar-refractivity contribution in [3.63, 3.8) is 0 Å². The third-order valence-corrected chi connectivity index (χ3v) is 3.62. The maximum absolute atomic E-state index is 13.4. The number of carbonyl (C=O) groups is 1. The van der Waals surface area contributed by atoms with Gasteiger partial charge in [-0.25, -0.2) is 22.3 Å². The summed E-state index contributed by atoms with van der Waals surface area (Å²) in [6.07, 6.45) is 0. The van der Waals surface area contributed by atoms with E-state index in [0.29, 0.717) is 4.48 Å². The normalized spacial score (nSPS) is 11.2. The van der Waals surface area contributed by atoms with Gasteiger partial charge in [-0.2, -0.15) is 0 Å². The van der Waals surface area contributed by atoms with Crippen molar-refractivity contribution in [1.29, 1.82) is 0 Å². The quantitative estimate of drug-likeness (QED) is 0.856. The second-order valence-corrected chi connectivity index (χ2v) is 6.15. The van der Waals surface area contributed by atoms with Crippen LogP contribution in [0.5, 0.6) is 0 Å². The van der Waals surface area contributed by atoms with Crippen LogP contribution in [-0.2, 0) is 10.0 Å². The minimum atomic E-state index is -4.12. The lowest BCUT2D eigenvalue weighted by Crippen LogP contribution is -2.26. The summed E-state index contributed by atoms with van der Waals surface area (Å²) in [6.45, 7) is 3.30. The van der Waals surface area contributed by atoms with Gasteiger partial charge in [-0.1, -0.05) is 22.5 Å². The lowest BCUT2D eigenvalue weighted by Gasteiger charge is -2.07. The van der Waals surface area contributed by atoms with E-state index < -0.39 is 26.7 Å². The summed E-state index contributed by atoms with van der Waals surface area (Å²) in [6, 6.07) is 2.54. The minimum Gasteiger partial charge on any atom is -0.478 e. The molecule has 0 saturated carbocycles. The van der Waals surface area contributed by atoms with Crippen molar-refractivity contribution in [3.05, 3.63) is 40.6 Å². The Morgan fingerprint density at radius 2 is 2.11 bits per heavy atom. The van der Waals surface area contributed by atoms with Crippen LogP contribution in [0.25, 0.3) is 0 Å². The molecule has 1 rings (SSSR count). The maximum Gasteiger partial charge on any atom is 0.335 e. The highest BCUT2D eigenvalue weighted by Gasteiger charge is 2.20. The van der Waals surface area contributed by atoms with E-state index in [0.717, 1.165) is 18.2 Å². The lowest BCUT2D eigenvalue weighted by atomic mass is 10.2. The van der Waals surface area contributed by atoms with Crippen LogP contribution in [0.4, 0.5) is 4.39 Å². The van der Waals surface area contributed by atoms with Gasteiger partial charge in [0.2, 0.25) is 10.0 Å². The SMILES string of the molecule is C=C(Br)CNS(=O)(=O)c1cc(C(=O)O)ccc1F. The summed E-state index contributed by atoms with van der Waals surface area (Å²) >= 11 is 2.95. The van der Waals surface area contributed by atoms with Gasteiger partial charge in [-0.3, -0.25) is 0 Å². The zero-order valence-electron chi connectivity index (χ0n) is 8.98. The van der Waals surface area contributed by atoms with Gasteiger partial charge in [0.25, 0.3) is 0 Å². The van der Waals surface area contributed by atoms with Crippen LogP contribution in [0.3, 0.4) is 0 Å². The second kappa shape index (κ2) is 5.59. The molecule has 98 valence electrons. The van der Waals surface area contributed by atoms with Crippen molar-refractivity contribution < 1.29 is 22.7 Å². The molecule has 5 nitrogen and oxygen atoms in total. The number of hydrogen-bond donors (Lipinski definition) is 2. The molecule has 0 aliphatic carbocycles. The van der Waals surface area contributed by atoms with E-state index in [1.165, 1.54) is 0 Å². The van der Waals surface area contributed by atoms with Gasteiger partial charge in [0, 0.05) is 11.0 Å². The van der Waals surface area contributed by atoms with Crippen molar-refractivity contribution in [1.82, 2.24) is 4.72 Å². The Labute approximate surface area is 112 Å². The van der Waals surface area contributed by atoms with E-state index in [1.54, 1.807) is 0 Å². The molecule has 0 aliphatic rings. The highest BCUT2D eigenvalue weighted by Crippen LogP contribution is 2.16. The average molecular weight is 338 g/mol. The molecule has 8 heteroatoms. The third kappa shape index (κ3) is 3.62. The summed E-state index contributed by atoms with van der Waals surface area (Å²) in [5, 5.41) is 8.72. The molecule has 2 N–H and O–H groups in total. The number of rotatable bonds is 5. The monoisotopic (exact) mass is 337 g/mol. The Morgan fingerprint density at radius 1 is 1.50 bits per heavy atom. The maximum atomic E-state index is 13.4. The van der Waals surface area contributed by atoms with Gasteiger partial charge in [0.05, 0.1) is 5.56 Å². The number of nitrogens with one attached hydrogen (secondary N) is 1. The molecule has 1 aromatic rings. The van der Waals surface area contributed by atoms with Gasteiger partial charge in [0.1, 0.15) is 10.7 Å². The molecular formula is C10H9BrFNO4S. The molecule has 0 bridgehead atoms. The van der Waals surface area contributed by atoms with Gasteiger partial charge >= 0.3 is 5.97 Å². The van der Waals surface area contributed by atoms with Crippen molar-refractivity contribution in [3.8, 4) is 0 Å². The zero-order chi connectivity index (χ0) is 13.9. The molecule has 1 aromatic carbocycles. The van der Waals surface area contributed by atoms with E-state index in [2.05, 4.69) is 27.2 Å². The van der Waals surface area contributed by atoms with Crippen LogP contribution < -0.4 is 4.72 Å². The summed E-state index contributed by atoms with van der Waals surface area (Å²) in [5.74, 6) is -2.36. The van der Waals surface area contributed by atoms with Crippen LogP contribution in [0, 0.1) is 5.82 Å². The second-order valence-electron chi connectivity index (χ2n) is 3.29. The average Bonchev–Trinajstić information content (AvgIpc) is 2.26. The highest BCUT2D eigenvalue weighted by atomic mass is 79.9. The van der Waals surface area contributed by atoms with Crippen LogP contribution in [0.15, 0.2) is 34.2 Å². The summed E-state index contributed by atoms with van der Waals surface area (Å²) in [7, 11) is -4.12. The van der Waals surface area contributed by atoms with Crippen LogP contribution in [0.1, 0.15) is 10.4 Å². The predicted molar refractivity (Wildman–Crippen MR) is 66.6 cm³/mol. The number of sulfonamides is 1. The van der Waals surface area contributed by atoms with Crippen LogP contribution in [-0.4, -0.2) is 26.0 Å². The molecule has 0 amide bonds. The molecule has 0 unspecified atom stereocenters. The first-order chi connectivity index (χ1) is 8.24. The fraction of sp³-hybridized carbons (Fsp3) is 0.100. The van der Waals surface area contributed by atoms with E-state index in [9.17, 15) is 17.6 Å². The molecule has 0 saturated heterocycles.